The molecule has 1 fully saturated rings. The highest BCUT2D eigenvalue weighted by Crippen LogP contribution is 2.11. The van der Waals surface area contributed by atoms with Gasteiger partial charge in [0.1, 0.15) is 18.1 Å². The molecule has 0 aromatic heterocycles. The number of carbonyl (C=O) groups excluding carboxylic acids is 4. The number of nitrogens with two attached hydrogens (primary N) is 3. The second kappa shape index (κ2) is 12.0. The van der Waals surface area contributed by atoms with Gasteiger partial charge in [-0.25, -0.2) is 0 Å². The number of aliphatic imine (C=N–C) groups is 1. The third-order valence-corrected chi connectivity index (χ3v) is 3.60. The van der Waals surface area contributed by atoms with E-state index in [1.165, 1.54) is 0 Å². The number of Topliss-reactive ketones (excluding diaryl/α,β-unsaturated/α-hetero) is 1. The molecule has 1 aliphatic rings. The van der Waals surface area contributed by atoms with Crippen molar-refractivity contribution in [3.63, 3.8) is 0 Å². The van der Waals surface area contributed by atoms with Crippen LogP contribution in [0.15, 0.2) is 4.99 Å². The van der Waals surface area contributed by atoms with Crippen molar-refractivity contribution in [1.29, 1.82) is 0 Å². The third kappa shape index (κ3) is 9.40. The molecule has 10 heteroatoms. The summed E-state index contributed by atoms with van der Waals surface area (Å²) in [5.74, 6) is -0.647. The lowest BCUT2D eigenvalue weighted by atomic mass is 10.0. The van der Waals surface area contributed by atoms with E-state index in [1.807, 2.05) is 4.90 Å². The number of piperazine rings is 1. The topological polar surface area (TPSA) is 174 Å². The zero-order valence-corrected chi connectivity index (χ0v) is 14.7. The molecule has 0 radical (unpaired) electrons. The van der Waals surface area contributed by atoms with Crippen molar-refractivity contribution >= 4 is 29.8 Å². The molecule has 0 aromatic rings. The largest absolute Gasteiger partial charge is 0.370 e. The molecule has 142 valence electrons. The zero-order chi connectivity index (χ0) is 19.4. The first-order chi connectivity index (χ1) is 11.7. The monoisotopic (exact) mass is 356 g/mol. The van der Waals surface area contributed by atoms with Crippen LogP contribution in [0.1, 0.15) is 32.6 Å². The summed E-state index contributed by atoms with van der Waals surface area (Å²) in [6.45, 7) is 2.65. The molecule has 0 bridgehead atoms. The maximum atomic E-state index is 11.8. The number of nitrogens with zero attached hydrogens (tertiary/aromatic N) is 2. The number of hydrogen-bond acceptors (Lipinski definition) is 6. The van der Waals surface area contributed by atoms with Gasteiger partial charge in [0.2, 0.25) is 11.8 Å². The van der Waals surface area contributed by atoms with Crippen LogP contribution in [0, 0.1) is 0 Å². The van der Waals surface area contributed by atoms with Gasteiger partial charge in [-0.05, 0) is 19.9 Å². The number of amides is 2. The Kier molecular flexibility index (Phi) is 10.8. The number of carbonyl (C=O) groups is 4. The lowest BCUT2D eigenvalue weighted by Gasteiger charge is -2.35. The van der Waals surface area contributed by atoms with Crippen LogP contribution in [-0.2, 0) is 19.2 Å². The molecular weight excluding hydrogens is 328 g/mol. The van der Waals surface area contributed by atoms with E-state index in [1.54, 1.807) is 14.0 Å². The van der Waals surface area contributed by atoms with Crippen LogP contribution >= 0.6 is 0 Å². The Morgan fingerprint density at radius 2 is 2.00 bits per heavy atom. The molecule has 1 aliphatic heterocycles. The molecular formula is C15H28N6O4. The van der Waals surface area contributed by atoms with E-state index in [2.05, 4.69) is 10.3 Å². The fraction of sp³-hybridized carbons (Fsp3) is 0.667. The molecule has 1 rings (SSSR count). The predicted molar refractivity (Wildman–Crippen MR) is 93.4 cm³/mol. The van der Waals surface area contributed by atoms with Crippen molar-refractivity contribution in [1.82, 2.24) is 10.2 Å². The van der Waals surface area contributed by atoms with Gasteiger partial charge in [-0.3, -0.25) is 24.3 Å². The van der Waals surface area contributed by atoms with Crippen LogP contribution in [0.4, 0.5) is 0 Å². The highest BCUT2D eigenvalue weighted by Gasteiger charge is 2.33. The van der Waals surface area contributed by atoms with Crippen LogP contribution < -0.4 is 22.5 Å². The number of likely N-dealkylation sites (N-methyl/N-ethyl adjacent to an activating group) is 1. The van der Waals surface area contributed by atoms with E-state index in [0.717, 1.165) is 0 Å². The maximum Gasteiger partial charge on any atom is 0.241 e. The SMILES string of the molecule is CCC(=O)CC=O.CN1CC(C(N)=O)NC(=O)[C@@H]1CCCN=C(N)N. The van der Waals surface area contributed by atoms with Gasteiger partial charge in [0.15, 0.2) is 5.96 Å². The molecule has 2 atom stereocenters. The van der Waals surface area contributed by atoms with Gasteiger partial charge in [-0.1, -0.05) is 6.92 Å². The Bertz CT molecular complexity index is 504. The van der Waals surface area contributed by atoms with E-state index in [-0.39, 0.29) is 30.1 Å². The molecule has 0 spiro atoms. The summed E-state index contributed by atoms with van der Waals surface area (Å²) in [7, 11) is 1.79. The second-order valence-corrected chi connectivity index (χ2v) is 5.63. The van der Waals surface area contributed by atoms with Crippen molar-refractivity contribution in [2.75, 3.05) is 20.1 Å². The normalized spacial score (nSPS) is 19.8. The lowest BCUT2D eigenvalue weighted by Crippen LogP contribution is -2.62. The minimum Gasteiger partial charge on any atom is -0.370 e. The van der Waals surface area contributed by atoms with Gasteiger partial charge < -0.3 is 27.3 Å². The first-order valence-electron chi connectivity index (χ1n) is 8.03. The van der Waals surface area contributed by atoms with E-state index in [0.29, 0.717) is 38.6 Å². The van der Waals surface area contributed by atoms with Crippen molar-refractivity contribution in [2.45, 2.75) is 44.7 Å². The van der Waals surface area contributed by atoms with Crippen LogP contribution in [0.5, 0.6) is 0 Å². The number of nitrogens with one attached hydrogen (secondary N) is 1. The number of guanidine groups is 1. The number of aldehydes is 1. The Morgan fingerprint density at radius 3 is 2.40 bits per heavy atom. The summed E-state index contributed by atoms with van der Waals surface area (Å²) < 4.78 is 0. The highest BCUT2D eigenvalue weighted by atomic mass is 16.2. The fourth-order valence-electron chi connectivity index (χ4n) is 2.17. The van der Waals surface area contributed by atoms with E-state index < -0.39 is 11.9 Å². The summed E-state index contributed by atoms with van der Waals surface area (Å²) >= 11 is 0. The van der Waals surface area contributed by atoms with E-state index in [9.17, 15) is 19.2 Å². The van der Waals surface area contributed by atoms with Crippen LogP contribution in [-0.4, -0.2) is 67.0 Å². The smallest absolute Gasteiger partial charge is 0.241 e. The summed E-state index contributed by atoms with van der Waals surface area (Å²) in [6, 6.07) is -0.883. The Labute approximate surface area is 147 Å². The Balaban J connectivity index is 0.000000697. The predicted octanol–water partition coefficient (Wildman–Crippen LogP) is -2.12. The molecule has 1 heterocycles. The van der Waals surface area contributed by atoms with E-state index in [4.69, 9.17) is 17.2 Å². The summed E-state index contributed by atoms with van der Waals surface area (Å²) in [5, 5.41) is 2.61. The standard InChI is InChI=1S/C10H20N6O2.C5H8O2/c1-16-5-6(8(11)17)15-9(18)7(16)3-2-4-14-10(12)13;1-2-5(7)3-4-6/h6-7H,2-5H2,1H3,(H2,11,17)(H,15,18)(H4,12,13,14);4H,2-3H2,1H3/t6?,7-;/m0./s1. The molecule has 0 saturated carbocycles. The average molecular weight is 356 g/mol. The Hall–Kier alpha value is -2.49. The van der Waals surface area contributed by atoms with Crippen LogP contribution in [0.2, 0.25) is 0 Å². The van der Waals surface area contributed by atoms with Gasteiger partial charge in [0.25, 0.3) is 0 Å². The van der Waals surface area contributed by atoms with Crippen LogP contribution in [0.3, 0.4) is 0 Å². The molecule has 10 nitrogen and oxygen atoms in total. The minimum absolute atomic E-state index is 0.00926. The fourth-order valence-corrected chi connectivity index (χ4v) is 2.17. The minimum atomic E-state index is -0.614. The first kappa shape index (κ1) is 22.5. The summed E-state index contributed by atoms with van der Waals surface area (Å²) in [5.41, 5.74) is 15.6. The number of ketones is 1. The summed E-state index contributed by atoms with van der Waals surface area (Å²) in [6.07, 6.45) is 2.51. The maximum absolute atomic E-state index is 11.8. The number of primary amides is 1. The van der Waals surface area contributed by atoms with E-state index >= 15 is 0 Å². The molecule has 1 saturated heterocycles. The molecule has 1 unspecified atom stereocenters. The van der Waals surface area contributed by atoms with Gasteiger partial charge >= 0.3 is 0 Å². The molecule has 2 amide bonds. The van der Waals surface area contributed by atoms with Crippen molar-refractivity contribution in [2.24, 2.45) is 22.2 Å². The zero-order valence-electron chi connectivity index (χ0n) is 14.7. The highest BCUT2D eigenvalue weighted by molar-refractivity contribution is 5.90. The molecule has 0 aliphatic carbocycles. The van der Waals surface area contributed by atoms with Gasteiger partial charge in [0, 0.05) is 19.5 Å². The molecule has 7 N–H and O–H groups in total. The van der Waals surface area contributed by atoms with Gasteiger partial charge in [-0.2, -0.15) is 0 Å². The molecule has 25 heavy (non-hydrogen) atoms. The average Bonchev–Trinajstić information content (AvgIpc) is 2.53. The van der Waals surface area contributed by atoms with Gasteiger partial charge in [-0.15, -0.1) is 0 Å². The second-order valence-electron chi connectivity index (χ2n) is 5.63. The summed E-state index contributed by atoms with van der Waals surface area (Å²) in [4.78, 5) is 48.2. The quantitative estimate of drug-likeness (QED) is 0.126. The molecule has 0 aromatic carbocycles. The van der Waals surface area contributed by atoms with Crippen molar-refractivity contribution in [3.05, 3.63) is 0 Å². The van der Waals surface area contributed by atoms with Crippen molar-refractivity contribution in [3.8, 4) is 0 Å². The Morgan fingerprint density at radius 1 is 1.36 bits per heavy atom. The first-order valence-corrected chi connectivity index (χ1v) is 8.03. The van der Waals surface area contributed by atoms with Crippen LogP contribution in [0.25, 0.3) is 0 Å². The lowest BCUT2D eigenvalue weighted by molar-refractivity contribution is -0.135. The van der Waals surface area contributed by atoms with Gasteiger partial charge in [0.05, 0.1) is 12.5 Å². The number of hydrogen-bond donors (Lipinski definition) is 4. The third-order valence-electron chi connectivity index (χ3n) is 3.60. The van der Waals surface area contributed by atoms with Crippen molar-refractivity contribution < 1.29 is 19.2 Å². The number of rotatable bonds is 8.